The number of pyridine rings is 1. The van der Waals surface area contributed by atoms with Crippen LogP contribution in [0.3, 0.4) is 0 Å². The van der Waals surface area contributed by atoms with Crippen LogP contribution in [0, 0.1) is 0 Å². The quantitative estimate of drug-likeness (QED) is 0.601. The summed E-state index contributed by atoms with van der Waals surface area (Å²) in [5.74, 6) is 0. The standard InChI is InChI=1S/C6H4NO.3CH3.Sn/c8-5-6-2-1-3-7-4-6;;;;/h2-5H;3*1H3;. The van der Waals surface area contributed by atoms with Gasteiger partial charge in [0.25, 0.3) is 0 Å². The van der Waals surface area contributed by atoms with Gasteiger partial charge in [-0.05, 0) is 0 Å². The molecule has 0 spiro atoms. The van der Waals surface area contributed by atoms with E-state index >= 15 is 0 Å². The Hall–Kier alpha value is -0.381. The van der Waals surface area contributed by atoms with Crippen LogP contribution < -0.4 is 3.58 Å². The first-order valence-corrected chi connectivity index (χ1v) is 13.9. The number of nitrogens with zero attached hydrogens (tertiary/aromatic N) is 1. The Bertz CT molecular complexity index is 291. The second-order valence-corrected chi connectivity index (χ2v) is 18.4. The Labute approximate surface area is 76.9 Å². The summed E-state index contributed by atoms with van der Waals surface area (Å²) in [6.45, 7) is 0. The molecular weight excluding hydrogens is 257 g/mol. The van der Waals surface area contributed by atoms with Crippen LogP contribution in [-0.2, 0) is 0 Å². The van der Waals surface area contributed by atoms with Gasteiger partial charge in [0.15, 0.2) is 0 Å². The van der Waals surface area contributed by atoms with E-state index in [4.69, 9.17) is 0 Å². The van der Waals surface area contributed by atoms with Crippen LogP contribution in [0.25, 0.3) is 0 Å². The van der Waals surface area contributed by atoms with Gasteiger partial charge in [0.1, 0.15) is 0 Å². The van der Waals surface area contributed by atoms with Gasteiger partial charge in [-0.15, -0.1) is 0 Å². The van der Waals surface area contributed by atoms with Crippen molar-refractivity contribution >= 4 is 28.2 Å². The summed E-state index contributed by atoms with van der Waals surface area (Å²) in [6, 6.07) is 1.97. The van der Waals surface area contributed by atoms with Gasteiger partial charge in [-0.1, -0.05) is 0 Å². The van der Waals surface area contributed by atoms with Crippen LogP contribution in [0.1, 0.15) is 10.4 Å². The first-order chi connectivity index (χ1) is 5.54. The SMILES string of the molecule is [CH3][Sn]([CH3])([CH3])[c]1cncc(C=O)c1. The molecule has 0 atom stereocenters. The third-order valence-electron chi connectivity index (χ3n) is 1.76. The van der Waals surface area contributed by atoms with Crippen molar-refractivity contribution in [3.8, 4) is 0 Å². The average molecular weight is 270 g/mol. The topological polar surface area (TPSA) is 30.0 Å². The van der Waals surface area contributed by atoms with Gasteiger partial charge in [-0.3, -0.25) is 0 Å². The molecule has 64 valence electrons. The molecule has 0 unspecified atom stereocenters. The maximum absolute atomic E-state index is 10.5. The number of rotatable bonds is 2. The van der Waals surface area contributed by atoms with E-state index in [1.807, 2.05) is 12.3 Å². The van der Waals surface area contributed by atoms with Gasteiger partial charge in [0.2, 0.25) is 0 Å². The van der Waals surface area contributed by atoms with Crippen molar-refractivity contribution in [2.75, 3.05) is 0 Å². The van der Waals surface area contributed by atoms with E-state index in [0.717, 1.165) is 6.29 Å². The zero-order valence-corrected chi connectivity index (χ0v) is 10.5. The Morgan fingerprint density at radius 2 is 2.00 bits per heavy atom. The van der Waals surface area contributed by atoms with Crippen molar-refractivity contribution in [3.63, 3.8) is 0 Å². The minimum atomic E-state index is -2.00. The number of aromatic nitrogens is 1. The fourth-order valence-corrected chi connectivity index (χ4v) is 3.96. The number of aldehydes is 1. The van der Waals surface area contributed by atoms with Crippen LogP contribution >= 0.6 is 0 Å². The average Bonchev–Trinajstić information content (AvgIpc) is 2.03. The summed E-state index contributed by atoms with van der Waals surface area (Å²) >= 11 is -2.00. The Balaban J connectivity index is 3.10. The molecule has 1 aromatic rings. The molecule has 0 aliphatic carbocycles. The van der Waals surface area contributed by atoms with E-state index in [0.29, 0.717) is 5.56 Å². The van der Waals surface area contributed by atoms with Crippen molar-refractivity contribution in [2.24, 2.45) is 0 Å². The summed E-state index contributed by atoms with van der Waals surface area (Å²) in [5, 5.41) is 0. The monoisotopic (exact) mass is 271 g/mol. The summed E-state index contributed by atoms with van der Waals surface area (Å²) in [7, 11) is 0. The molecule has 0 amide bonds. The molecule has 0 aliphatic heterocycles. The number of carbonyl (C=O) groups excluding carboxylic acids is 1. The zero-order chi connectivity index (χ0) is 9.19. The molecule has 0 aliphatic rings. The second kappa shape index (κ2) is 3.56. The number of hydrogen-bond donors (Lipinski definition) is 0. The van der Waals surface area contributed by atoms with E-state index in [9.17, 15) is 4.79 Å². The Kier molecular flexibility index (Phi) is 2.88. The van der Waals surface area contributed by atoms with Gasteiger partial charge in [-0.25, -0.2) is 0 Å². The van der Waals surface area contributed by atoms with Crippen molar-refractivity contribution in [1.82, 2.24) is 4.98 Å². The molecule has 1 aromatic heterocycles. The molecule has 2 nitrogen and oxygen atoms in total. The molecule has 0 aromatic carbocycles. The number of hydrogen-bond acceptors (Lipinski definition) is 2. The summed E-state index contributed by atoms with van der Waals surface area (Å²) in [4.78, 5) is 21.4. The third-order valence-corrected chi connectivity index (χ3v) is 7.49. The van der Waals surface area contributed by atoms with Gasteiger partial charge in [0, 0.05) is 0 Å². The van der Waals surface area contributed by atoms with Crippen LogP contribution in [0.5, 0.6) is 0 Å². The van der Waals surface area contributed by atoms with Gasteiger partial charge >= 0.3 is 76.9 Å². The molecule has 0 bridgehead atoms. The van der Waals surface area contributed by atoms with Crippen LogP contribution in [0.4, 0.5) is 0 Å². The molecule has 0 N–H and O–H groups in total. The zero-order valence-electron chi connectivity index (χ0n) is 7.66. The molecule has 0 radical (unpaired) electrons. The fraction of sp³-hybridized carbons (Fsp3) is 0.333. The van der Waals surface area contributed by atoms with Crippen LogP contribution in [0.15, 0.2) is 18.5 Å². The van der Waals surface area contributed by atoms with Gasteiger partial charge < -0.3 is 0 Å². The van der Waals surface area contributed by atoms with Crippen LogP contribution in [-0.4, -0.2) is 29.6 Å². The molecule has 0 fully saturated rings. The summed E-state index contributed by atoms with van der Waals surface area (Å²) in [6.07, 6.45) is 4.35. The van der Waals surface area contributed by atoms with Crippen LogP contribution in [0.2, 0.25) is 14.8 Å². The fourth-order valence-electron chi connectivity index (χ4n) is 0.932. The maximum atomic E-state index is 10.5. The van der Waals surface area contributed by atoms with Gasteiger partial charge in [0.05, 0.1) is 0 Å². The van der Waals surface area contributed by atoms with Crippen molar-refractivity contribution in [3.05, 3.63) is 24.0 Å². The molecule has 12 heavy (non-hydrogen) atoms. The molecule has 0 saturated carbocycles. The first-order valence-electron chi connectivity index (χ1n) is 3.95. The normalized spacial score (nSPS) is 11.2. The Morgan fingerprint density at radius 3 is 2.50 bits per heavy atom. The van der Waals surface area contributed by atoms with E-state index in [-0.39, 0.29) is 0 Å². The summed E-state index contributed by atoms with van der Waals surface area (Å²) < 4.78 is 1.30. The molecule has 1 heterocycles. The minimum absolute atomic E-state index is 0.694. The molecule has 0 saturated heterocycles. The predicted molar refractivity (Wildman–Crippen MR) is 52.6 cm³/mol. The number of carbonyl (C=O) groups is 1. The van der Waals surface area contributed by atoms with E-state index < -0.39 is 18.4 Å². The first kappa shape index (κ1) is 9.70. The molecular formula is C9H13NOSn. The molecule has 3 heteroatoms. The Morgan fingerprint density at radius 1 is 1.33 bits per heavy atom. The van der Waals surface area contributed by atoms with E-state index in [1.165, 1.54) is 3.58 Å². The predicted octanol–water partition coefficient (Wildman–Crippen LogP) is 1.44. The van der Waals surface area contributed by atoms with E-state index in [2.05, 4.69) is 19.8 Å². The molecule has 1 rings (SSSR count). The van der Waals surface area contributed by atoms with E-state index in [1.54, 1.807) is 6.20 Å². The summed E-state index contributed by atoms with van der Waals surface area (Å²) in [5.41, 5.74) is 0.694. The second-order valence-electron chi connectivity index (χ2n) is 3.87. The van der Waals surface area contributed by atoms with Gasteiger partial charge in [-0.2, -0.15) is 0 Å². The van der Waals surface area contributed by atoms with Crippen molar-refractivity contribution in [2.45, 2.75) is 14.8 Å². The van der Waals surface area contributed by atoms with Crippen molar-refractivity contribution in [1.29, 1.82) is 0 Å². The third kappa shape index (κ3) is 2.30. The van der Waals surface area contributed by atoms with Crippen molar-refractivity contribution < 1.29 is 4.79 Å².